The van der Waals surface area contributed by atoms with Gasteiger partial charge in [-0.05, 0) is 49.6 Å². The third kappa shape index (κ3) is 4.78. The van der Waals surface area contributed by atoms with Crippen LogP contribution in [0.25, 0.3) is 0 Å². The van der Waals surface area contributed by atoms with Crippen molar-refractivity contribution in [1.29, 1.82) is 0 Å². The highest BCUT2D eigenvalue weighted by Gasteiger charge is 2.30. The van der Waals surface area contributed by atoms with E-state index in [1.54, 1.807) is 0 Å². The molecule has 1 aliphatic heterocycles. The molecule has 1 saturated heterocycles. The average Bonchev–Trinajstić information content (AvgIpc) is 3.09. The average molecular weight is 417 g/mol. The van der Waals surface area contributed by atoms with Crippen molar-refractivity contribution in [1.82, 2.24) is 14.9 Å². The fraction of sp³-hybridized carbons (Fsp3) is 0.529. The minimum Gasteiger partial charge on any atom is -0.354 e. The highest BCUT2D eigenvalue weighted by molar-refractivity contribution is 7.89. The van der Waals surface area contributed by atoms with Gasteiger partial charge >= 0.3 is 0 Å². The molecule has 3 rings (SSSR count). The maximum Gasteiger partial charge on any atom is 0.251 e. The van der Waals surface area contributed by atoms with E-state index in [1.807, 2.05) is 0 Å². The highest BCUT2D eigenvalue weighted by atomic mass is 35.5. The van der Waals surface area contributed by atoms with Gasteiger partial charge in [0, 0.05) is 24.7 Å². The predicted octanol–water partition coefficient (Wildman–Crippen LogP) is 0.0861. The first kappa shape index (κ1) is 21.6. The molecule has 150 valence electrons. The lowest BCUT2D eigenvalue weighted by molar-refractivity contribution is -0.122. The second kappa shape index (κ2) is 9.01. The first-order chi connectivity index (χ1) is 12.4. The Kier molecular flexibility index (Phi) is 7.21. The zero-order chi connectivity index (χ0) is 18.7. The van der Waals surface area contributed by atoms with Crippen molar-refractivity contribution in [3.63, 3.8) is 0 Å². The molecule has 2 amide bonds. The van der Waals surface area contributed by atoms with Gasteiger partial charge in [0.25, 0.3) is 5.91 Å². The number of hydrogen-bond donors (Lipinski definition) is 3. The number of benzene rings is 1. The van der Waals surface area contributed by atoms with Crippen LogP contribution in [0.3, 0.4) is 0 Å². The van der Waals surface area contributed by atoms with E-state index in [-0.39, 0.29) is 48.2 Å². The number of rotatable bonds is 5. The van der Waals surface area contributed by atoms with Crippen molar-refractivity contribution >= 4 is 34.2 Å². The summed E-state index contributed by atoms with van der Waals surface area (Å²) in [5.41, 5.74) is 6.14. The molecule has 1 aromatic rings. The molecule has 8 nitrogen and oxygen atoms in total. The molecule has 1 aromatic carbocycles. The van der Waals surface area contributed by atoms with Gasteiger partial charge in [-0.1, -0.05) is 6.42 Å². The third-order valence-corrected chi connectivity index (χ3v) is 6.90. The Bertz CT molecular complexity index is 785. The number of nitrogens with zero attached hydrogens (tertiary/aromatic N) is 1. The molecule has 1 aliphatic carbocycles. The normalized spacial score (nSPS) is 23.4. The molecule has 10 heteroatoms. The zero-order valence-electron chi connectivity index (χ0n) is 14.9. The SMILES string of the molecule is Cl.NCC1CCCC1NC(=O)c1ccc(S(=O)(=O)N2CCNC(=O)C2)cc1. The Hall–Kier alpha value is -1.68. The van der Waals surface area contributed by atoms with E-state index in [0.29, 0.717) is 24.6 Å². The van der Waals surface area contributed by atoms with E-state index in [4.69, 9.17) is 5.73 Å². The monoisotopic (exact) mass is 416 g/mol. The van der Waals surface area contributed by atoms with Gasteiger partial charge in [0.15, 0.2) is 0 Å². The van der Waals surface area contributed by atoms with Gasteiger partial charge in [-0.2, -0.15) is 4.31 Å². The number of halogens is 1. The predicted molar refractivity (Wildman–Crippen MR) is 103 cm³/mol. The lowest BCUT2D eigenvalue weighted by Crippen LogP contribution is -2.49. The van der Waals surface area contributed by atoms with E-state index in [0.717, 1.165) is 23.6 Å². The maximum atomic E-state index is 12.6. The Labute approximate surface area is 165 Å². The third-order valence-electron chi connectivity index (χ3n) is 5.04. The summed E-state index contributed by atoms with van der Waals surface area (Å²) < 4.78 is 26.4. The quantitative estimate of drug-likeness (QED) is 0.627. The molecule has 0 radical (unpaired) electrons. The Morgan fingerprint density at radius 2 is 1.96 bits per heavy atom. The highest BCUT2D eigenvalue weighted by Crippen LogP contribution is 2.25. The first-order valence-corrected chi connectivity index (χ1v) is 10.2. The summed E-state index contributed by atoms with van der Waals surface area (Å²) >= 11 is 0. The number of hydrogen-bond acceptors (Lipinski definition) is 5. The summed E-state index contributed by atoms with van der Waals surface area (Å²) in [5.74, 6) is -0.248. The summed E-state index contributed by atoms with van der Waals surface area (Å²) in [6, 6.07) is 5.89. The van der Waals surface area contributed by atoms with E-state index in [9.17, 15) is 18.0 Å². The number of amides is 2. The van der Waals surface area contributed by atoms with Gasteiger partial charge in [0.2, 0.25) is 15.9 Å². The molecular weight excluding hydrogens is 392 g/mol. The molecule has 2 unspecified atom stereocenters. The minimum absolute atomic E-state index is 0. The number of carbonyl (C=O) groups is 2. The molecule has 0 spiro atoms. The van der Waals surface area contributed by atoms with Gasteiger partial charge in [-0.3, -0.25) is 9.59 Å². The first-order valence-electron chi connectivity index (χ1n) is 8.79. The van der Waals surface area contributed by atoms with Crippen LogP contribution in [0.15, 0.2) is 29.2 Å². The maximum absolute atomic E-state index is 12.6. The van der Waals surface area contributed by atoms with Crippen molar-refractivity contribution in [2.45, 2.75) is 30.2 Å². The van der Waals surface area contributed by atoms with Crippen LogP contribution in [-0.2, 0) is 14.8 Å². The molecule has 0 bridgehead atoms. The second-order valence-corrected chi connectivity index (χ2v) is 8.66. The smallest absolute Gasteiger partial charge is 0.251 e. The van der Waals surface area contributed by atoms with Gasteiger partial charge in [-0.25, -0.2) is 8.42 Å². The summed E-state index contributed by atoms with van der Waals surface area (Å²) in [7, 11) is -3.75. The minimum atomic E-state index is -3.75. The number of nitrogens with two attached hydrogens (primary N) is 1. The van der Waals surface area contributed by atoms with Crippen molar-refractivity contribution < 1.29 is 18.0 Å². The fourth-order valence-electron chi connectivity index (χ4n) is 3.51. The van der Waals surface area contributed by atoms with Crippen LogP contribution in [-0.4, -0.2) is 56.8 Å². The lowest BCUT2D eigenvalue weighted by Gasteiger charge is -2.26. The summed E-state index contributed by atoms with van der Waals surface area (Å²) in [6.45, 7) is 0.888. The van der Waals surface area contributed by atoms with Crippen LogP contribution < -0.4 is 16.4 Å². The Morgan fingerprint density at radius 1 is 1.26 bits per heavy atom. The summed E-state index contributed by atoms with van der Waals surface area (Å²) in [5, 5.41) is 5.59. The van der Waals surface area contributed by atoms with Crippen LogP contribution >= 0.6 is 12.4 Å². The molecular formula is C17H25ClN4O4S. The number of piperazine rings is 1. The summed E-state index contributed by atoms with van der Waals surface area (Å²) in [6.07, 6.45) is 2.98. The van der Waals surface area contributed by atoms with Crippen LogP contribution in [0.2, 0.25) is 0 Å². The van der Waals surface area contributed by atoms with Gasteiger partial charge < -0.3 is 16.4 Å². The van der Waals surface area contributed by atoms with Crippen molar-refractivity contribution in [2.75, 3.05) is 26.2 Å². The van der Waals surface area contributed by atoms with Crippen molar-refractivity contribution in [2.24, 2.45) is 11.7 Å². The standard InChI is InChI=1S/C17H24N4O4S.ClH/c18-10-13-2-1-3-15(13)20-17(23)12-4-6-14(7-5-12)26(24,25)21-9-8-19-16(22)11-21;/h4-7,13,15H,1-3,8-11,18H2,(H,19,22)(H,20,23);1H. The number of sulfonamides is 1. The van der Waals surface area contributed by atoms with Crippen LogP contribution in [0.4, 0.5) is 0 Å². The molecule has 4 N–H and O–H groups in total. The second-order valence-electron chi connectivity index (χ2n) is 6.72. The number of carbonyl (C=O) groups excluding carboxylic acids is 2. The molecule has 0 aromatic heterocycles. The molecule has 2 aliphatic rings. The largest absolute Gasteiger partial charge is 0.354 e. The van der Waals surface area contributed by atoms with Crippen LogP contribution in [0.5, 0.6) is 0 Å². The van der Waals surface area contributed by atoms with Crippen molar-refractivity contribution in [3.05, 3.63) is 29.8 Å². The molecule has 1 heterocycles. The lowest BCUT2D eigenvalue weighted by atomic mass is 10.0. The van der Waals surface area contributed by atoms with Crippen molar-refractivity contribution in [3.8, 4) is 0 Å². The summed E-state index contributed by atoms with van der Waals surface area (Å²) in [4.78, 5) is 23.9. The molecule has 1 saturated carbocycles. The van der Waals surface area contributed by atoms with Crippen LogP contribution in [0, 0.1) is 5.92 Å². The number of nitrogens with one attached hydrogen (secondary N) is 2. The van der Waals surface area contributed by atoms with E-state index >= 15 is 0 Å². The van der Waals surface area contributed by atoms with Gasteiger partial charge in [0.1, 0.15) is 0 Å². The van der Waals surface area contributed by atoms with Gasteiger partial charge in [-0.15, -0.1) is 12.4 Å². The zero-order valence-corrected chi connectivity index (χ0v) is 16.5. The molecule has 2 atom stereocenters. The van der Waals surface area contributed by atoms with E-state index in [2.05, 4.69) is 10.6 Å². The van der Waals surface area contributed by atoms with Gasteiger partial charge in [0.05, 0.1) is 11.4 Å². The Morgan fingerprint density at radius 3 is 2.59 bits per heavy atom. The Balaban J connectivity index is 0.00000261. The molecule has 2 fully saturated rings. The topological polar surface area (TPSA) is 122 Å². The van der Waals surface area contributed by atoms with E-state index in [1.165, 1.54) is 24.3 Å². The fourth-order valence-corrected chi connectivity index (χ4v) is 4.91. The van der Waals surface area contributed by atoms with E-state index < -0.39 is 10.0 Å². The molecule has 27 heavy (non-hydrogen) atoms. The van der Waals surface area contributed by atoms with Crippen LogP contribution in [0.1, 0.15) is 29.6 Å².